The molecule has 0 bridgehead atoms. The predicted molar refractivity (Wildman–Crippen MR) is 96.0 cm³/mol. The molecule has 0 radical (unpaired) electrons. The molecule has 1 N–H and O–H groups in total. The summed E-state index contributed by atoms with van der Waals surface area (Å²) in [6.45, 7) is 5.09. The van der Waals surface area contributed by atoms with Crippen molar-refractivity contribution in [3.05, 3.63) is 0 Å². The topological polar surface area (TPSA) is 64.1 Å². The highest BCUT2D eigenvalue weighted by molar-refractivity contribution is 5.80. The second kappa shape index (κ2) is 8.04. The van der Waals surface area contributed by atoms with Gasteiger partial charge in [-0.3, -0.25) is 14.5 Å². The van der Waals surface area contributed by atoms with Crippen LogP contribution in [0.25, 0.3) is 0 Å². The summed E-state index contributed by atoms with van der Waals surface area (Å²) in [5.74, 6) is 0.227. The first kappa shape index (κ1) is 18.6. The van der Waals surface area contributed by atoms with Gasteiger partial charge >= 0.3 is 0 Å². The van der Waals surface area contributed by atoms with Crippen LogP contribution < -0.4 is 0 Å². The van der Waals surface area contributed by atoms with Crippen LogP contribution in [0.5, 0.6) is 0 Å². The Morgan fingerprint density at radius 1 is 0.960 bits per heavy atom. The number of piperidine rings is 1. The van der Waals surface area contributed by atoms with Gasteiger partial charge in [-0.25, -0.2) is 0 Å². The number of rotatable bonds is 3. The highest BCUT2D eigenvalue weighted by atomic mass is 16.3. The van der Waals surface area contributed by atoms with E-state index in [0.717, 1.165) is 45.2 Å². The zero-order valence-corrected chi connectivity index (χ0v) is 15.7. The van der Waals surface area contributed by atoms with E-state index in [1.54, 1.807) is 6.92 Å². The molecular formula is C19H33N3O3. The molecule has 142 valence electrons. The maximum Gasteiger partial charge on any atom is 0.225 e. The number of amides is 2. The van der Waals surface area contributed by atoms with Crippen LogP contribution in [-0.4, -0.2) is 83.0 Å². The summed E-state index contributed by atoms with van der Waals surface area (Å²) in [6, 6.07) is 0.133. The maximum atomic E-state index is 12.9. The Kier molecular flexibility index (Phi) is 6.00. The van der Waals surface area contributed by atoms with Crippen molar-refractivity contribution in [3.8, 4) is 0 Å². The number of hydrogen-bond acceptors (Lipinski definition) is 4. The first-order chi connectivity index (χ1) is 12.0. The Hall–Kier alpha value is -1.14. The van der Waals surface area contributed by atoms with Gasteiger partial charge in [-0.2, -0.15) is 0 Å². The average molecular weight is 351 g/mol. The second-order valence-corrected chi connectivity index (χ2v) is 8.03. The Morgan fingerprint density at radius 3 is 2.20 bits per heavy atom. The van der Waals surface area contributed by atoms with Gasteiger partial charge in [-0.1, -0.05) is 0 Å². The number of carbonyl (C=O) groups excluding carboxylic acids is 2. The molecule has 25 heavy (non-hydrogen) atoms. The number of likely N-dealkylation sites (tertiary alicyclic amines) is 2. The van der Waals surface area contributed by atoms with Crippen molar-refractivity contribution in [3.63, 3.8) is 0 Å². The zero-order valence-electron chi connectivity index (χ0n) is 15.7. The van der Waals surface area contributed by atoms with E-state index in [1.165, 1.54) is 12.8 Å². The summed E-state index contributed by atoms with van der Waals surface area (Å²) in [7, 11) is 1.86. The van der Waals surface area contributed by atoms with Gasteiger partial charge in [0.25, 0.3) is 0 Å². The van der Waals surface area contributed by atoms with Gasteiger partial charge < -0.3 is 14.9 Å². The lowest BCUT2D eigenvalue weighted by molar-refractivity contribution is -0.145. The van der Waals surface area contributed by atoms with E-state index in [1.807, 2.05) is 16.8 Å². The first-order valence-corrected chi connectivity index (χ1v) is 9.93. The summed E-state index contributed by atoms with van der Waals surface area (Å²) in [5.41, 5.74) is 0. The molecule has 3 aliphatic rings. The molecular weight excluding hydrogens is 318 g/mol. The van der Waals surface area contributed by atoms with Crippen LogP contribution in [0.1, 0.15) is 51.9 Å². The Balaban J connectivity index is 1.58. The van der Waals surface area contributed by atoms with Gasteiger partial charge in [0, 0.05) is 39.0 Å². The Morgan fingerprint density at radius 2 is 1.60 bits per heavy atom. The van der Waals surface area contributed by atoms with Gasteiger partial charge in [-0.15, -0.1) is 0 Å². The summed E-state index contributed by atoms with van der Waals surface area (Å²) in [6.07, 6.45) is 6.47. The van der Waals surface area contributed by atoms with Gasteiger partial charge in [0.15, 0.2) is 0 Å². The molecule has 0 aromatic rings. The molecule has 2 heterocycles. The molecule has 1 aliphatic carbocycles. The van der Waals surface area contributed by atoms with Crippen LogP contribution in [0.15, 0.2) is 0 Å². The van der Waals surface area contributed by atoms with Crippen molar-refractivity contribution in [2.24, 2.45) is 5.92 Å². The van der Waals surface area contributed by atoms with Gasteiger partial charge in [0.1, 0.15) is 0 Å². The van der Waals surface area contributed by atoms with Gasteiger partial charge in [0.05, 0.1) is 12.1 Å². The van der Waals surface area contributed by atoms with Crippen LogP contribution in [0.3, 0.4) is 0 Å². The first-order valence-electron chi connectivity index (χ1n) is 9.93. The van der Waals surface area contributed by atoms with Crippen LogP contribution in [0.2, 0.25) is 0 Å². The Bertz CT molecular complexity index is 484. The van der Waals surface area contributed by atoms with E-state index >= 15 is 0 Å². The summed E-state index contributed by atoms with van der Waals surface area (Å²) < 4.78 is 0. The molecule has 0 unspecified atom stereocenters. The minimum atomic E-state index is -0.446. The van der Waals surface area contributed by atoms with Crippen LogP contribution in [0.4, 0.5) is 0 Å². The highest BCUT2D eigenvalue weighted by Crippen LogP contribution is 2.30. The molecule has 3 rings (SSSR count). The van der Waals surface area contributed by atoms with Crippen molar-refractivity contribution >= 4 is 11.8 Å². The van der Waals surface area contributed by atoms with Crippen LogP contribution in [-0.2, 0) is 9.59 Å². The van der Waals surface area contributed by atoms with Crippen LogP contribution >= 0.6 is 0 Å². The predicted octanol–water partition coefficient (Wildman–Crippen LogP) is 1.08. The Labute approximate surface area is 151 Å². The molecule has 0 aromatic heterocycles. The van der Waals surface area contributed by atoms with E-state index in [2.05, 4.69) is 4.90 Å². The molecule has 2 saturated heterocycles. The minimum absolute atomic E-state index is 0.0139. The lowest BCUT2D eigenvalue weighted by Gasteiger charge is -2.44. The quantitative estimate of drug-likeness (QED) is 0.826. The molecule has 3 fully saturated rings. The van der Waals surface area contributed by atoms with Crippen molar-refractivity contribution in [2.45, 2.75) is 70.1 Å². The number of aliphatic hydroxyl groups excluding tert-OH is 1. The molecule has 6 heteroatoms. The molecule has 0 spiro atoms. The number of likely N-dealkylation sites (N-methyl/N-ethyl adjacent to an activating group) is 1. The van der Waals surface area contributed by atoms with Crippen molar-refractivity contribution in [1.82, 2.24) is 14.7 Å². The highest BCUT2D eigenvalue weighted by Gasteiger charge is 2.40. The third-order valence-corrected chi connectivity index (χ3v) is 6.53. The maximum absolute atomic E-state index is 12.9. The van der Waals surface area contributed by atoms with Crippen molar-refractivity contribution < 1.29 is 14.7 Å². The fourth-order valence-corrected chi connectivity index (χ4v) is 4.92. The molecule has 1 saturated carbocycles. The molecule has 0 aromatic carbocycles. The van der Waals surface area contributed by atoms with Crippen molar-refractivity contribution in [1.29, 1.82) is 0 Å². The van der Waals surface area contributed by atoms with Crippen LogP contribution in [0, 0.1) is 5.92 Å². The number of nitrogens with zero attached hydrogens (tertiary/aromatic N) is 3. The van der Waals surface area contributed by atoms with Crippen molar-refractivity contribution in [2.75, 3.05) is 33.2 Å². The fraction of sp³-hybridized carbons (Fsp3) is 0.895. The smallest absolute Gasteiger partial charge is 0.225 e. The molecule has 3 atom stereocenters. The fourth-order valence-electron chi connectivity index (χ4n) is 4.92. The molecule has 2 aliphatic heterocycles. The van der Waals surface area contributed by atoms with E-state index in [-0.39, 0.29) is 29.8 Å². The summed E-state index contributed by atoms with van der Waals surface area (Å²) in [4.78, 5) is 30.5. The van der Waals surface area contributed by atoms with E-state index in [9.17, 15) is 14.7 Å². The monoisotopic (exact) mass is 351 g/mol. The lowest BCUT2D eigenvalue weighted by atomic mass is 9.85. The number of hydrogen-bond donors (Lipinski definition) is 1. The third-order valence-electron chi connectivity index (χ3n) is 6.53. The molecule has 6 nitrogen and oxygen atoms in total. The van der Waals surface area contributed by atoms with E-state index < -0.39 is 6.10 Å². The average Bonchev–Trinajstić information content (AvgIpc) is 3.15. The number of carbonyl (C=O) groups is 2. The molecule has 2 amide bonds. The summed E-state index contributed by atoms with van der Waals surface area (Å²) >= 11 is 0. The third kappa shape index (κ3) is 4.00. The SMILES string of the molecule is CC(=O)N1CCC(C(=O)N(C)[C@@H]2CCC[C@@H](N3CCCC3)[C@@H]2O)CC1. The van der Waals surface area contributed by atoms with E-state index in [4.69, 9.17) is 0 Å². The number of aliphatic hydroxyl groups is 1. The minimum Gasteiger partial charge on any atom is -0.389 e. The lowest BCUT2D eigenvalue weighted by Crippen LogP contribution is -2.57. The van der Waals surface area contributed by atoms with Gasteiger partial charge in [-0.05, 0) is 58.0 Å². The largest absolute Gasteiger partial charge is 0.389 e. The second-order valence-electron chi connectivity index (χ2n) is 8.03. The standard InChI is InChI=1S/C19H33N3O3/c1-14(23)21-12-8-15(9-13-21)19(25)20(2)16-6-5-7-17(18(16)24)22-10-3-4-11-22/h15-18,24H,3-13H2,1-2H3/t16-,17-,18-/m1/s1. The van der Waals surface area contributed by atoms with E-state index in [0.29, 0.717) is 13.1 Å². The zero-order chi connectivity index (χ0) is 18.0. The normalized spacial score (nSPS) is 32.0. The van der Waals surface area contributed by atoms with Gasteiger partial charge in [0.2, 0.25) is 11.8 Å². The summed E-state index contributed by atoms with van der Waals surface area (Å²) in [5, 5.41) is 10.9.